The van der Waals surface area contributed by atoms with Crippen LogP contribution in [-0.2, 0) is 19.9 Å². The Kier molecular flexibility index (Phi) is 8.05. The van der Waals surface area contributed by atoms with Gasteiger partial charge in [-0.25, -0.2) is 13.2 Å². The summed E-state index contributed by atoms with van der Waals surface area (Å²) in [6, 6.07) is 9.22. The van der Waals surface area contributed by atoms with Crippen molar-refractivity contribution in [2.45, 2.75) is 24.4 Å². The van der Waals surface area contributed by atoms with Crippen LogP contribution in [0.4, 0.5) is 18.9 Å². The maximum absolute atomic E-state index is 13.3. The Balaban J connectivity index is 1.43. The Bertz CT molecular complexity index is 1260. The quantitative estimate of drug-likeness (QED) is 0.465. The molecule has 1 saturated heterocycles. The number of piperidine rings is 1. The maximum Gasteiger partial charge on any atom is 0.269 e. The van der Waals surface area contributed by atoms with E-state index in [1.165, 1.54) is 30.3 Å². The number of hydrogen-bond donors (Lipinski definition) is 3. The van der Waals surface area contributed by atoms with Crippen LogP contribution in [0.2, 0.25) is 5.02 Å². The van der Waals surface area contributed by atoms with Gasteiger partial charge in [-0.3, -0.25) is 19.4 Å². The molecule has 3 amide bonds. The minimum Gasteiger partial charge on any atom is -0.366 e. The molecule has 0 spiro atoms. The third kappa shape index (κ3) is 5.82. The minimum atomic E-state index is -2.66. The lowest BCUT2D eigenvalue weighted by molar-refractivity contribution is -0.135. The summed E-state index contributed by atoms with van der Waals surface area (Å²) < 4.78 is 45.5. The van der Waals surface area contributed by atoms with Gasteiger partial charge >= 0.3 is 0 Å². The molecule has 13 heteroatoms. The largest absolute Gasteiger partial charge is 0.366 e. The van der Waals surface area contributed by atoms with Crippen LogP contribution in [0.25, 0.3) is 0 Å². The van der Waals surface area contributed by atoms with E-state index in [0.29, 0.717) is 12.2 Å². The number of hydrogen-bond acceptors (Lipinski definition) is 6. The number of nitrogens with two attached hydrogens (primary N) is 1. The average Bonchev–Trinajstić information content (AvgIpc) is 3.32. The lowest BCUT2D eigenvalue weighted by Gasteiger charge is -2.31. The van der Waals surface area contributed by atoms with Crippen LogP contribution in [0.1, 0.15) is 28.8 Å². The summed E-state index contributed by atoms with van der Waals surface area (Å²) in [6.07, 6.45) is -0.473. The van der Waals surface area contributed by atoms with Gasteiger partial charge in [0.05, 0.1) is 10.6 Å². The van der Waals surface area contributed by atoms with Crippen molar-refractivity contribution in [1.82, 2.24) is 10.2 Å². The van der Waals surface area contributed by atoms with Crippen LogP contribution in [0.5, 0.6) is 0 Å². The molecule has 2 heterocycles. The fourth-order valence-corrected chi connectivity index (χ4v) is 4.58. The summed E-state index contributed by atoms with van der Waals surface area (Å²) in [5, 5.41) is 5.21. The Morgan fingerprint density at radius 3 is 2.39 bits per heavy atom. The zero-order valence-corrected chi connectivity index (χ0v) is 20.9. The summed E-state index contributed by atoms with van der Waals surface area (Å²) in [5.41, 5.74) is 4.08. The van der Waals surface area contributed by atoms with Crippen LogP contribution >= 0.6 is 11.6 Å². The number of likely N-dealkylation sites (tertiary alicyclic amines) is 1. The van der Waals surface area contributed by atoms with Gasteiger partial charge in [0.15, 0.2) is 0 Å². The number of nitrogens with one attached hydrogen (secondary N) is 2. The number of anilines is 1. The topological polar surface area (TPSA) is 126 Å². The van der Waals surface area contributed by atoms with E-state index in [4.69, 9.17) is 22.1 Å². The lowest BCUT2D eigenvalue weighted by atomic mass is 9.87. The van der Waals surface area contributed by atoms with Gasteiger partial charge in [-0.2, -0.15) is 0 Å². The molecule has 38 heavy (non-hydrogen) atoms. The number of ether oxygens (including phenoxy) is 1. The molecule has 0 aliphatic carbocycles. The molecule has 1 unspecified atom stereocenters. The van der Waals surface area contributed by atoms with E-state index in [9.17, 15) is 27.6 Å². The molecule has 2 aliphatic rings. The molecule has 9 nitrogen and oxygen atoms in total. The molecule has 0 aromatic heterocycles. The van der Waals surface area contributed by atoms with Crippen LogP contribution in [0.3, 0.4) is 0 Å². The van der Waals surface area contributed by atoms with E-state index in [0.717, 1.165) is 12.1 Å². The van der Waals surface area contributed by atoms with Crippen molar-refractivity contribution >= 4 is 40.7 Å². The second-order valence-electron chi connectivity index (χ2n) is 8.93. The van der Waals surface area contributed by atoms with Crippen LogP contribution in [-0.4, -0.2) is 67.2 Å². The smallest absolute Gasteiger partial charge is 0.269 e. The molecule has 4 N–H and O–H groups in total. The molecule has 0 saturated carbocycles. The Morgan fingerprint density at radius 1 is 1.08 bits per heavy atom. The second kappa shape index (κ2) is 11.1. The Hall–Kier alpha value is -3.48. The predicted octanol–water partition coefficient (Wildman–Crippen LogP) is 2.69. The zero-order valence-electron chi connectivity index (χ0n) is 20.1. The van der Waals surface area contributed by atoms with E-state index in [1.54, 1.807) is 0 Å². The van der Waals surface area contributed by atoms with E-state index < -0.39 is 35.1 Å². The number of rotatable bonds is 8. The molecule has 4 rings (SSSR count). The number of aliphatic imine (C=N–C) groups is 1. The van der Waals surface area contributed by atoms with Gasteiger partial charge in [-0.15, -0.1) is 0 Å². The van der Waals surface area contributed by atoms with Crippen LogP contribution < -0.4 is 16.4 Å². The van der Waals surface area contributed by atoms with Crippen molar-refractivity contribution in [1.29, 1.82) is 0 Å². The third-order valence-electron chi connectivity index (χ3n) is 6.43. The van der Waals surface area contributed by atoms with Crippen LogP contribution in [0, 0.1) is 5.82 Å². The second-order valence-corrected chi connectivity index (χ2v) is 9.34. The number of carbonyl (C=O) groups excluding carboxylic acids is 3. The molecule has 2 aromatic rings. The number of amides is 3. The first-order valence-corrected chi connectivity index (χ1v) is 12.1. The van der Waals surface area contributed by atoms with Gasteiger partial charge in [-0.05, 0) is 35.9 Å². The number of primary amides is 1. The predicted molar refractivity (Wildman–Crippen MR) is 134 cm³/mol. The highest BCUT2D eigenvalue weighted by atomic mass is 35.5. The van der Waals surface area contributed by atoms with Gasteiger partial charge in [0.2, 0.25) is 5.60 Å². The summed E-state index contributed by atoms with van der Waals surface area (Å²) in [4.78, 5) is 43.9. The van der Waals surface area contributed by atoms with Crippen LogP contribution in [0.15, 0.2) is 47.5 Å². The van der Waals surface area contributed by atoms with Crippen molar-refractivity contribution in [2.24, 2.45) is 10.7 Å². The summed E-state index contributed by atoms with van der Waals surface area (Å²) in [6.45, 7) is 0.651. The highest BCUT2D eigenvalue weighted by Gasteiger charge is 2.51. The number of alkyl halides is 2. The van der Waals surface area contributed by atoms with Gasteiger partial charge in [0, 0.05) is 44.7 Å². The summed E-state index contributed by atoms with van der Waals surface area (Å²) in [5.74, 6) is -5.46. The van der Waals surface area contributed by atoms with E-state index in [1.807, 2.05) is 4.90 Å². The molecule has 1 fully saturated rings. The standard InChI is InChI=1S/C25H25ClF3N5O4/c26-19-13-16(27)3-6-18(19)21(35)33-17-4-1-15(2-5-17)25(23(30)37)20(32-14-38-25)22(36)31-9-12-34-10-7-24(28,29)8-11-34/h1-6,13H,7-12,14H2,(H2,30,37)(H,31,36)(H,33,35). The molecule has 1 atom stereocenters. The van der Waals surface area contributed by atoms with Gasteiger partial charge in [0.25, 0.3) is 23.6 Å². The molecule has 0 bridgehead atoms. The fraction of sp³-hybridized carbons (Fsp3) is 0.360. The van der Waals surface area contributed by atoms with Crippen molar-refractivity contribution < 1.29 is 32.3 Å². The van der Waals surface area contributed by atoms with E-state index >= 15 is 0 Å². The Labute approximate surface area is 221 Å². The number of nitrogens with zero attached hydrogens (tertiary/aromatic N) is 2. The van der Waals surface area contributed by atoms with Gasteiger partial charge < -0.3 is 26.0 Å². The highest BCUT2D eigenvalue weighted by molar-refractivity contribution is 6.46. The summed E-state index contributed by atoms with van der Waals surface area (Å²) in [7, 11) is 0. The number of carbonyl (C=O) groups is 3. The molecule has 0 radical (unpaired) electrons. The molecule has 2 aromatic carbocycles. The monoisotopic (exact) mass is 551 g/mol. The molecule has 202 valence electrons. The average molecular weight is 552 g/mol. The van der Waals surface area contributed by atoms with Gasteiger partial charge in [-0.1, -0.05) is 23.7 Å². The fourth-order valence-electron chi connectivity index (χ4n) is 4.33. The van der Waals surface area contributed by atoms with Crippen molar-refractivity contribution in [3.8, 4) is 0 Å². The van der Waals surface area contributed by atoms with Crippen molar-refractivity contribution in [3.63, 3.8) is 0 Å². The first-order valence-electron chi connectivity index (χ1n) is 11.8. The third-order valence-corrected chi connectivity index (χ3v) is 6.74. The lowest BCUT2D eigenvalue weighted by Crippen LogP contribution is -2.53. The highest BCUT2D eigenvalue weighted by Crippen LogP contribution is 2.33. The minimum absolute atomic E-state index is 0.0590. The summed E-state index contributed by atoms with van der Waals surface area (Å²) >= 11 is 5.94. The first kappa shape index (κ1) is 27.6. The number of halogens is 4. The normalized spacial score (nSPS) is 21.0. The molecular formula is C25H25ClF3N5O4. The van der Waals surface area contributed by atoms with Crippen molar-refractivity contribution in [2.75, 3.05) is 38.2 Å². The molecule has 2 aliphatic heterocycles. The zero-order chi connectivity index (χ0) is 27.5. The van der Waals surface area contributed by atoms with Crippen molar-refractivity contribution in [3.05, 3.63) is 64.4 Å². The van der Waals surface area contributed by atoms with E-state index in [-0.39, 0.29) is 61.1 Å². The first-order chi connectivity index (χ1) is 18.0. The van der Waals surface area contributed by atoms with E-state index in [2.05, 4.69) is 15.6 Å². The van der Waals surface area contributed by atoms with Gasteiger partial charge in [0.1, 0.15) is 18.3 Å². The maximum atomic E-state index is 13.3. The number of benzene rings is 2. The SMILES string of the molecule is NC(=O)C1(c2ccc(NC(=O)c3ccc(F)cc3Cl)cc2)OCN=C1C(=O)NCCN1CCC(F)(F)CC1. The Morgan fingerprint density at radius 2 is 1.76 bits per heavy atom. The molecular weight excluding hydrogens is 527 g/mol.